The molecule has 8 heteroatoms. The fraction of sp³-hybridized carbons (Fsp3) is 0.190. The predicted molar refractivity (Wildman–Crippen MR) is 111 cm³/mol. The molecule has 0 saturated carbocycles. The number of amides is 1. The Kier molecular flexibility index (Phi) is 5.53. The van der Waals surface area contributed by atoms with Crippen LogP contribution in [0.1, 0.15) is 12.5 Å². The van der Waals surface area contributed by atoms with Gasteiger partial charge in [-0.3, -0.25) is 10.1 Å². The van der Waals surface area contributed by atoms with Crippen molar-refractivity contribution in [3.05, 3.63) is 54.1 Å². The van der Waals surface area contributed by atoms with Crippen LogP contribution in [-0.2, 0) is 11.2 Å². The predicted octanol–water partition coefficient (Wildman–Crippen LogP) is 4.78. The van der Waals surface area contributed by atoms with E-state index in [1.54, 1.807) is 24.9 Å². The summed E-state index contributed by atoms with van der Waals surface area (Å²) in [5.41, 5.74) is 1.51. The number of benzene rings is 2. The van der Waals surface area contributed by atoms with Gasteiger partial charge < -0.3 is 13.6 Å². The molecule has 148 valence electrons. The van der Waals surface area contributed by atoms with Crippen molar-refractivity contribution in [2.45, 2.75) is 18.2 Å². The number of furan rings is 1. The van der Waals surface area contributed by atoms with E-state index in [0.717, 1.165) is 16.7 Å². The molecule has 0 radical (unpaired) electrons. The molecule has 0 bridgehead atoms. The third kappa shape index (κ3) is 4.27. The van der Waals surface area contributed by atoms with Crippen LogP contribution in [0.2, 0.25) is 0 Å². The van der Waals surface area contributed by atoms with Crippen molar-refractivity contribution in [2.24, 2.45) is 0 Å². The molecule has 0 aliphatic heterocycles. The fourth-order valence-electron chi connectivity index (χ4n) is 2.89. The highest BCUT2D eigenvalue weighted by molar-refractivity contribution is 7.99. The molecule has 0 fully saturated rings. The highest BCUT2D eigenvalue weighted by Crippen LogP contribution is 2.33. The van der Waals surface area contributed by atoms with E-state index in [1.807, 2.05) is 42.5 Å². The maximum atomic E-state index is 12.3. The summed E-state index contributed by atoms with van der Waals surface area (Å²) in [5.74, 6) is 1.98. The Labute approximate surface area is 171 Å². The van der Waals surface area contributed by atoms with Crippen LogP contribution >= 0.6 is 11.8 Å². The van der Waals surface area contributed by atoms with Crippen molar-refractivity contribution in [3.63, 3.8) is 0 Å². The minimum atomic E-state index is -0.234. The highest BCUT2D eigenvalue weighted by Gasteiger charge is 2.17. The van der Waals surface area contributed by atoms with E-state index >= 15 is 0 Å². The number of thioether (sulfide) groups is 1. The number of carbonyl (C=O) groups is 1. The van der Waals surface area contributed by atoms with Crippen molar-refractivity contribution >= 4 is 34.7 Å². The van der Waals surface area contributed by atoms with Gasteiger partial charge in [-0.15, -0.1) is 16.9 Å². The molecular weight excluding hydrogens is 390 g/mol. The Morgan fingerprint density at radius 2 is 1.97 bits per heavy atom. The molecule has 0 aliphatic carbocycles. The number of nitrogens with zero attached hydrogens (tertiary/aromatic N) is 2. The molecule has 2 heterocycles. The van der Waals surface area contributed by atoms with Crippen LogP contribution in [0.5, 0.6) is 5.75 Å². The van der Waals surface area contributed by atoms with E-state index < -0.39 is 0 Å². The number of fused-ring (bicyclic) bond motifs is 1. The lowest BCUT2D eigenvalue weighted by Gasteiger charge is -2.03. The van der Waals surface area contributed by atoms with Crippen molar-refractivity contribution in [2.75, 3.05) is 18.2 Å². The average Bonchev–Trinajstić information content (AvgIpc) is 3.36. The van der Waals surface area contributed by atoms with Gasteiger partial charge in [-0.25, -0.2) is 0 Å². The number of nitrogens with one attached hydrogen (secondary N) is 1. The van der Waals surface area contributed by atoms with E-state index in [1.165, 1.54) is 4.90 Å². The van der Waals surface area contributed by atoms with Gasteiger partial charge in [0.1, 0.15) is 0 Å². The Hall–Kier alpha value is -3.26. The van der Waals surface area contributed by atoms with Crippen LogP contribution < -0.4 is 10.1 Å². The van der Waals surface area contributed by atoms with E-state index in [2.05, 4.69) is 22.4 Å². The summed E-state index contributed by atoms with van der Waals surface area (Å²) in [4.78, 5) is 13.5. The Morgan fingerprint density at radius 3 is 2.72 bits per heavy atom. The maximum Gasteiger partial charge on any atom is 0.322 e. The number of methoxy groups -OCH3 is 1. The molecule has 0 unspecified atom stereocenters. The molecule has 2 aromatic heterocycles. The zero-order valence-corrected chi connectivity index (χ0v) is 16.8. The maximum absolute atomic E-state index is 12.3. The van der Waals surface area contributed by atoms with Gasteiger partial charge in [-0.2, -0.15) is 0 Å². The second-order valence-corrected chi connectivity index (χ2v) is 7.54. The molecule has 0 atom stereocenters. The number of aromatic nitrogens is 2. The highest BCUT2D eigenvalue weighted by atomic mass is 32.2. The van der Waals surface area contributed by atoms with Crippen molar-refractivity contribution in [3.8, 4) is 17.4 Å². The quantitative estimate of drug-likeness (QED) is 0.439. The number of para-hydroxylation sites is 1. The van der Waals surface area contributed by atoms with Crippen molar-refractivity contribution in [1.82, 2.24) is 10.2 Å². The summed E-state index contributed by atoms with van der Waals surface area (Å²) in [6.07, 6.45) is 0.219. The summed E-state index contributed by atoms with van der Waals surface area (Å²) >= 11 is 1.76. The monoisotopic (exact) mass is 409 g/mol. The average molecular weight is 409 g/mol. The lowest BCUT2D eigenvalue weighted by Crippen LogP contribution is -2.14. The number of anilines is 1. The first kappa shape index (κ1) is 19.1. The molecule has 7 nitrogen and oxygen atoms in total. The van der Waals surface area contributed by atoms with Crippen LogP contribution in [0.4, 0.5) is 6.01 Å². The Balaban J connectivity index is 1.44. The molecule has 0 aliphatic rings. The van der Waals surface area contributed by atoms with Gasteiger partial charge in [0.25, 0.3) is 5.89 Å². The molecule has 4 aromatic rings. The van der Waals surface area contributed by atoms with E-state index in [-0.39, 0.29) is 24.2 Å². The van der Waals surface area contributed by atoms with Gasteiger partial charge in [0.15, 0.2) is 17.1 Å². The zero-order chi connectivity index (χ0) is 20.2. The first-order chi connectivity index (χ1) is 14.2. The van der Waals surface area contributed by atoms with E-state index in [9.17, 15) is 4.79 Å². The van der Waals surface area contributed by atoms with Gasteiger partial charge in [-0.05, 0) is 35.6 Å². The second-order valence-electron chi connectivity index (χ2n) is 6.20. The number of hydrogen-bond acceptors (Lipinski definition) is 7. The zero-order valence-electron chi connectivity index (χ0n) is 16.0. The summed E-state index contributed by atoms with van der Waals surface area (Å²) in [7, 11) is 1.58. The molecule has 2 aromatic carbocycles. The van der Waals surface area contributed by atoms with Crippen LogP contribution in [0.15, 0.2) is 62.3 Å². The lowest BCUT2D eigenvalue weighted by atomic mass is 10.1. The number of ether oxygens (including phenoxy) is 1. The molecule has 0 spiro atoms. The summed E-state index contributed by atoms with van der Waals surface area (Å²) < 4.78 is 16.6. The number of hydrogen-bond donors (Lipinski definition) is 1. The number of rotatable bonds is 7. The molecule has 1 amide bonds. The molecule has 1 N–H and O–H groups in total. The largest absolute Gasteiger partial charge is 0.493 e. The SMILES string of the molecule is CCSc1ccc(CC(=O)Nc2nnc(-c3cc4cccc(OC)c4o3)o2)cc1. The summed E-state index contributed by atoms with van der Waals surface area (Å²) in [5, 5.41) is 11.3. The third-order valence-corrected chi connectivity index (χ3v) is 5.10. The minimum Gasteiger partial charge on any atom is -0.493 e. The molecular formula is C21H19N3O4S. The van der Waals surface area contributed by atoms with Gasteiger partial charge in [0.05, 0.1) is 13.5 Å². The Bertz CT molecular complexity index is 1130. The van der Waals surface area contributed by atoms with E-state index in [4.69, 9.17) is 13.6 Å². The van der Waals surface area contributed by atoms with Gasteiger partial charge in [0.2, 0.25) is 5.91 Å². The molecule has 4 rings (SSSR count). The van der Waals surface area contributed by atoms with Crippen molar-refractivity contribution in [1.29, 1.82) is 0 Å². The molecule has 29 heavy (non-hydrogen) atoms. The minimum absolute atomic E-state index is 0.0237. The smallest absolute Gasteiger partial charge is 0.322 e. The van der Waals surface area contributed by atoms with Crippen LogP contribution in [0.3, 0.4) is 0 Å². The Morgan fingerprint density at radius 1 is 1.14 bits per heavy atom. The summed E-state index contributed by atoms with van der Waals surface area (Å²) in [6.45, 7) is 2.10. The second kappa shape index (κ2) is 8.40. The van der Waals surface area contributed by atoms with Gasteiger partial charge in [-0.1, -0.05) is 36.3 Å². The lowest BCUT2D eigenvalue weighted by molar-refractivity contribution is -0.115. The summed E-state index contributed by atoms with van der Waals surface area (Å²) in [6, 6.07) is 15.3. The topological polar surface area (TPSA) is 90.4 Å². The van der Waals surface area contributed by atoms with Gasteiger partial charge in [0, 0.05) is 10.3 Å². The normalized spacial score (nSPS) is 11.0. The first-order valence-electron chi connectivity index (χ1n) is 9.08. The molecule has 0 saturated heterocycles. The first-order valence-corrected chi connectivity index (χ1v) is 10.1. The third-order valence-electron chi connectivity index (χ3n) is 4.21. The van der Waals surface area contributed by atoms with E-state index in [0.29, 0.717) is 17.1 Å². The standard InChI is InChI=1S/C21H19N3O4S/c1-3-29-15-9-7-13(8-10-15)11-18(25)22-21-24-23-20(28-21)17-12-14-5-4-6-16(26-2)19(14)27-17/h4-10,12H,3,11H2,1-2H3,(H,22,24,25). The van der Waals surface area contributed by atoms with Gasteiger partial charge >= 0.3 is 6.01 Å². The number of carbonyl (C=O) groups excluding carboxylic acids is 1. The van der Waals surface area contributed by atoms with Crippen molar-refractivity contribution < 1.29 is 18.4 Å². The van der Waals surface area contributed by atoms with Crippen LogP contribution in [-0.4, -0.2) is 29.0 Å². The fourth-order valence-corrected chi connectivity index (χ4v) is 3.56. The van der Waals surface area contributed by atoms with Crippen LogP contribution in [0.25, 0.3) is 22.6 Å². The van der Waals surface area contributed by atoms with Crippen LogP contribution in [0, 0.1) is 0 Å².